The van der Waals surface area contributed by atoms with Crippen molar-refractivity contribution >= 4 is 23.3 Å². The molecule has 2 rings (SSSR count). The highest BCUT2D eigenvalue weighted by Gasteiger charge is 2.28. The second-order valence-corrected chi connectivity index (χ2v) is 7.61. The zero-order chi connectivity index (χ0) is 21.6. The van der Waals surface area contributed by atoms with E-state index in [9.17, 15) is 19.7 Å². The number of anilines is 1. The summed E-state index contributed by atoms with van der Waals surface area (Å²) in [6.07, 6.45) is 1.25. The fourth-order valence-electron chi connectivity index (χ4n) is 3.59. The van der Waals surface area contributed by atoms with Gasteiger partial charge in [0.05, 0.1) is 23.0 Å². The lowest BCUT2D eigenvalue weighted by Crippen LogP contribution is -2.39. The van der Waals surface area contributed by atoms with Crippen molar-refractivity contribution in [1.82, 2.24) is 4.90 Å². The Kier molecular flexibility index (Phi) is 7.53. The molecule has 1 amide bonds. The average Bonchev–Trinajstić information content (AvgIpc) is 2.68. The maximum atomic E-state index is 12.3. The number of carbonyl (C=O) groups excluding carboxylic acids is 2. The number of nitriles is 1. The lowest BCUT2D eigenvalue weighted by molar-refractivity contribution is -0.384. The van der Waals surface area contributed by atoms with Crippen molar-refractivity contribution in [3.8, 4) is 6.07 Å². The van der Waals surface area contributed by atoms with Gasteiger partial charge in [0.2, 0.25) is 0 Å². The maximum Gasteiger partial charge on any atom is 0.338 e. The maximum absolute atomic E-state index is 12.3. The molecule has 1 aromatic rings. The van der Waals surface area contributed by atoms with Crippen LogP contribution < -0.4 is 4.90 Å². The average molecular weight is 402 g/mol. The summed E-state index contributed by atoms with van der Waals surface area (Å²) in [6.45, 7) is 5.42. The number of nitrogens with zero attached hydrogens (tertiary/aromatic N) is 4. The normalized spacial score (nSPS) is 18.6. The van der Waals surface area contributed by atoms with Gasteiger partial charge in [0.25, 0.3) is 11.6 Å². The molecule has 9 nitrogen and oxygen atoms in total. The molecular formula is C20H26N4O5. The van der Waals surface area contributed by atoms with Gasteiger partial charge in [0.15, 0.2) is 6.61 Å². The van der Waals surface area contributed by atoms with Crippen molar-refractivity contribution in [2.75, 3.05) is 38.2 Å². The first-order chi connectivity index (χ1) is 13.7. The standard InChI is InChI=1S/C20H26N4O5/c1-14-9-15(2)12-23(11-14)17-6-5-16(10-18(17)24(27)28)20(26)29-13-19(25)22(3)8-4-7-21/h5-6,10,14-15H,4,8-9,11-13H2,1-3H3. The summed E-state index contributed by atoms with van der Waals surface area (Å²) in [4.78, 5) is 38.6. The van der Waals surface area contributed by atoms with Crippen LogP contribution in [0.3, 0.4) is 0 Å². The zero-order valence-corrected chi connectivity index (χ0v) is 17.0. The van der Waals surface area contributed by atoms with Crippen molar-refractivity contribution in [1.29, 1.82) is 5.26 Å². The van der Waals surface area contributed by atoms with Crippen molar-refractivity contribution in [2.24, 2.45) is 11.8 Å². The minimum absolute atomic E-state index is 0.0195. The van der Waals surface area contributed by atoms with Crippen LogP contribution in [-0.2, 0) is 9.53 Å². The molecule has 0 N–H and O–H groups in total. The molecule has 1 aromatic carbocycles. The van der Waals surface area contributed by atoms with E-state index >= 15 is 0 Å². The molecule has 0 saturated carbocycles. The van der Waals surface area contributed by atoms with Crippen LogP contribution in [0, 0.1) is 33.3 Å². The highest BCUT2D eigenvalue weighted by atomic mass is 16.6. The second-order valence-electron chi connectivity index (χ2n) is 7.61. The summed E-state index contributed by atoms with van der Waals surface area (Å²) in [5, 5.41) is 20.1. The summed E-state index contributed by atoms with van der Waals surface area (Å²) in [5.41, 5.74) is 0.349. The number of ether oxygens (including phenoxy) is 1. The molecule has 9 heteroatoms. The molecule has 0 radical (unpaired) electrons. The van der Waals surface area contributed by atoms with Crippen LogP contribution in [0.25, 0.3) is 0 Å². The third-order valence-electron chi connectivity index (χ3n) is 4.93. The first kappa shape index (κ1) is 22.1. The number of nitro groups is 1. The van der Waals surface area contributed by atoms with Crippen LogP contribution >= 0.6 is 0 Å². The SMILES string of the molecule is CC1CC(C)CN(c2ccc(C(=O)OCC(=O)N(C)CCC#N)cc2[N+](=O)[O-])C1. The Morgan fingerprint density at radius 3 is 2.59 bits per heavy atom. The van der Waals surface area contributed by atoms with E-state index < -0.39 is 23.4 Å². The summed E-state index contributed by atoms with van der Waals surface area (Å²) in [6, 6.07) is 6.18. The van der Waals surface area contributed by atoms with Crippen molar-refractivity contribution in [2.45, 2.75) is 26.7 Å². The molecule has 29 heavy (non-hydrogen) atoms. The molecule has 0 aromatic heterocycles. The van der Waals surface area contributed by atoms with Gasteiger partial charge in [0.1, 0.15) is 5.69 Å². The summed E-state index contributed by atoms with van der Waals surface area (Å²) < 4.78 is 5.00. The quantitative estimate of drug-likeness (QED) is 0.391. The van der Waals surface area contributed by atoms with Crippen molar-refractivity contribution < 1.29 is 19.2 Å². The number of hydrogen-bond donors (Lipinski definition) is 0. The van der Waals surface area contributed by atoms with Gasteiger partial charge < -0.3 is 14.5 Å². The van der Waals surface area contributed by atoms with Gasteiger partial charge in [-0.1, -0.05) is 13.8 Å². The largest absolute Gasteiger partial charge is 0.452 e. The highest BCUT2D eigenvalue weighted by Crippen LogP contribution is 2.34. The fourth-order valence-corrected chi connectivity index (χ4v) is 3.59. The number of likely N-dealkylation sites (N-methyl/N-ethyl adjacent to an activating group) is 1. The molecule has 0 bridgehead atoms. The summed E-state index contributed by atoms with van der Waals surface area (Å²) in [5.74, 6) is -0.405. The van der Waals surface area contributed by atoms with Crippen LogP contribution in [0.1, 0.15) is 37.0 Å². The number of benzene rings is 1. The molecular weight excluding hydrogens is 376 g/mol. The lowest BCUT2D eigenvalue weighted by Gasteiger charge is -2.36. The lowest BCUT2D eigenvalue weighted by atomic mass is 9.91. The number of carbonyl (C=O) groups is 2. The van der Waals surface area contributed by atoms with E-state index in [0.717, 1.165) is 19.5 Å². The van der Waals surface area contributed by atoms with Crippen LogP contribution in [-0.4, -0.2) is 55.0 Å². The predicted octanol–water partition coefficient (Wildman–Crippen LogP) is 2.61. The minimum Gasteiger partial charge on any atom is -0.452 e. The molecule has 0 aliphatic carbocycles. The first-order valence-electron chi connectivity index (χ1n) is 9.54. The van der Waals surface area contributed by atoms with E-state index in [1.807, 2.05) is 11.0 Å². The van der Waals surface area contributed by atoms with Crippen molar-refractivity contribution in [3.63, 3.8) is 0 Å². The van der Waals surface area contributed by atoms with Gasteiger partial charge >= 0.3 is 5.97 Å². The molecule has 1 fully saturated rings. The Morgan fingerprint density at radius 2 is 2.00 bits per heavy atom. The van der Waals surface area contributed by atoms with E-state index in [0.29, 0.717) is 17.5 Å². The molecule has 2 atom stereocenters. The Hall–Kier alpha value is -3.15. The van der Waals surface area contributed by atoms with Gasteiger partial charge in [0, 0.05) is 32.7 Å². The predicted molar refractivity (Wildman–Crippen MR) is 106 cm³/mol. The third kappa shape index (κ3) is 5.91. The van der Waals surface area contributed by atoms with Gasteiger partial charge in [-0.15, -0.1) is 0 Å². The highest BCUT2D eigenvalue weighted by molar-refractivity contribution is 5.93. The van der Waals surface area contributed by atoms with Crippen LogP contribution in [0.5, 0.6) is 0 Å². The Labute approximate surface area is 170 Å². The van der Waals surface area contributed by atoms with E-state index in [1.54, 1.807) is 6.07 Å². The Morgan fingerprint density at radius 1 is 1.34 bits per heavy atom. The van der Waals surface area contributed by atoms with Gasteiger partial charge in [-0.25, -0.2) is 4.79 Å². The van der Waals surface area contributed by atoms with Crippen LogP contribution in [0.2, 0.25) is 0 Å². The fraction of sp³-hybridized carbons (Fsp3) is 0.550. The van der Waals surface area contributed by atoms with Crippen LogP contribution in [0.4, 0.5) is 11.4 Å². The number of amides is 1. The first-order valence-corrected chi connectivity index (χ1v) is 9.54. The zero-order valence-electron chi connectivity index (χ0n) is 17.0. The molecule has 156 valence electrons. The van der Waals surface area contributed by atoms with E-state index in [4.69, 9.17) is 10.00 Å². The smallest absolute Gasteiger partial charge is 0.338 e. The van der Waals surface area contributed by atoms with E-state index in [1.165, 1.54) is 24.1 Å². The van der Waals surface area contributed by atoms with Gasteiger partial charge in [-0.2, -0.15) is 5.26 Å². The topological polar surface area (TPSA) is 117 Å². The Bertz CT molecular complexity index is 810. The monoisotopic (exact) mass is 402 g/mol. The number of hydrogen-bond acceptors (Lipinski definition) is 7. The molecule has 1 aliphatic heterocycles. The number of esters is 1. The number of nitro benzene ring substituents is 1. The number of piperidine rings is 1. The third-order valence-corrected chi connectivity index (χ3v) is 4.93. The summed E-state index contributed by atoms with van der Waals surface area (Å²) in [7, 11) is 1.51. The summed E-state index contributed by atoms with van der Waals surface area (Å²) >= 11 is 0. The molecule has 0 spiro atoms. The van der Waals surface area contributed by atoms with E-state index in [-0.39, 0.29) is 24.2 Å². The van der Waals surface area contributed by atoms with Crippen molar-refractivity contribution in [3.05, 3.63) is 33.9 Å². The Balaban J connectivity index is 2.11. The number of rotatable bonds is 7. The van der Waals surface area contributed by atoms with Gasteiger partial charge in [-0.3, -0.25) is 14.9 Å². The molecule has 1 heterocycles. The van der Waals surface area contributed by atoms with E-state index in [2.05, 4.69) is 13.8 Å². The molecule has 2 unspecified atom stereocenters. The van der Waals surface area contributed by atoms with Gasteiger partial charge in [-0.05, 0) is 30.4 Å². The molecule has 1 saturated heterocycles. The molecule has 1 aliphatic rings. The second kappa shape index (κ2) is 9.87. The minimum atomic E-state index is -0.804. The van der Waals surface area contributed by atoms with Crippen LogP contribution in [0.15, 0.2) is 18.2 Å².